The highest BCUT2D eigenvalue weighted by molar-refractivity contribution is 5.99. The third-order valence-corrected chi connectivity index (χ3v) is 6.42. The number of hydrogen-bond donors (Lipinski definition) is 3. The van der Waals surface area contributed by atoms with Gasteiger partial charge in [-0.3, -0.25) is 14.7 Å². The Balaban J connectivity index is 1.39. The van der Waals surface area contributed by atoms with Crippen molar-refractivity contribution in [3.05, 3.63) is 79.7 Å². The quantitative estimate of drug-likeness (QED) is 0.348. The summed E-state index contributed by atoms with van der Waals surface area (Å²) in [5.74, 6) is 0.236. The van der Waals surface area contributed by atoms with Crippen LogP contribution in [0.15, 0.2) is 79.7 Å². The van der Waals surface area contributed by atoms with E-state index in [9.17, 15) is 4.79 Å². The molecule has 1 saturated heterocycles. The number of nitrogens with zero attached hydrogens (tertiary/aromatic N) is 4. The lowest BCUT2D eigenvalue weighted by Crippen LogP contribution is -2.56. The molecule has 1 aliphatic carbocycles. The fourth-order valence-corrected chi connectivity index (χ4v) is 4.52. The highest BCUT2D eigenvalue weighted by atomic mass is 16.5. The summed E-state index contributed by atoms with van der Waals surface area (Å²) in [7, 11) is 1.74. The van der Waals surface area contributed by atoms with Gasteiger partial charge in [0.05, 0.1) is 17.3 Å². The zero-order valence-electron chi connectivity index (χ0n) is 20.1. The predicted octanol–water partition coefficient (Wildman–Crippen LogP) is 2.97. The molecule has 3 heterocycles. The van der Waals surface area contributed by atoms with Gasteiger partial charge in [-0.1, -0.05) is 36.9 Å². The van der Waals surface area contributed by atoms with Gasteiger partial charge >= 0.3 is 0 Å². The van der Waals surface area contributed by atoms with Gasteiger partial charge in [0.25, 0.3) is 0 Å². The van der Waals surface area contributed by atoms with E-state index in [4.69, 9.17) is 9.72 Å². The van der Waals surface area contributed by atoms with Crippen molar-refractivity contribution >= 4 is 28.4 Å². The van der Waals surface area contributed by atoms with Crippen molar-refractivity contribution < 1.29 is 9.53 Å². The Bertz CT molecular complexity index is 1320. The van der Waals surface area contributed by atoms with Crippen LogP contribution in [0.2, 0.25) is 0 Å². The van der Waals surface area contributed by atoms with Crippen molar-refractivity contribution in [2.75, 3.05) is 43.9 Å². The van der Waals surface area contributed by atoms with E-state index in [-0.39, 0.29) is 11.9 Å². The summed E-state index contributed by atoms with van der Waals surface area (Å²) < 4.78 is 5.91. The van der Waals surface area contributed by atoms with Crippen LogP contribution in [0.3, 0.4) is 0 Å². The summed E-state index contributed by atoms with van der Waals surface area (Å²) in [6.07, 6.45) is 13.0. The monoisotopic (exact) mass is 483 g/mol. The maximum atomic E-state index is 11.7. The van der Waals surface area contributed by atoms with E-state index in [0.717, 1.165) is 42.6 Å². The van der Waals surface area contributed by atoms with Crippen molar-refractivity contribution in [3.8, 4) is 11.3 Å². The van der Waals surface area contributed by atoms with Gasteiger partial charge in [0, 0.05) is 62.3 Å². The Labute approximate surface area is 210 Å². The summed E-state index contributed by atoms with van der Waals surface area (Å²) >= 11 is 0. The van der Waals surface area contributed by atoms with E-state index in [0.29, 0.717) is 17.3 Å². The summed E-state index contributed by atoms with van der Waals surface area (Å²) in [4.78, 5) is 27.9. The second-order valence-electron chi connectivity index (χ2n) is 8.64. The third-order valence-electron chi connectivity index (χ3n) is 6.42. The molecule has 3 aromatic rings. The molecule has 5 rings (SSSR count). The number of nitrogens with one attached hydrogen (secondary N) is 3. The number of carbonyl (C=O) groups is 1. The number of anilines is 2. The van der Waals surface area contributed by atoms with Crippen molar-refractivity contribution in [2.24, 2.45) is 0 Å². The Hall–Kier alpha value is -3.92. The van der Waals surface area contributed by atoms with Crippen LogP contribution in [-0.2, 0) is 9.53 Å². The fourth-order valence-electron chi connectivity index (χ4n) is 4.52. The van der Waals surface area contributed by atoms with Gasteiger partial charge in [-0.2, -0.15) is 0 Å². The molecule has 2 aromatic heterocycles. The van der Waals surface area contributed by atoms with Gasteiger partial charge < -0.3 is 20.7 Å². The van der Waals surface area contributed by atoms with Gasteiger partial charge in [-0.15, -0.1) is 0 Å². The number of para-hydroxylation sites is 1. The Morgan fingerprint density at radius 1 is 1.22 bits per heavy atom. The Morgan fingerprint density at radius 3 is 2.78 bits per heavy atom. The first-order valence-electron chi connectivity index (χ1n) is 11.9. The van der Waals surface area contributed by atoms with E-state index in [2.05, 4.69) is 61.7 Å². The zero-order chi connectivity index (χ0) is 25.0. The number of pyridine rings is 1. The standard InChI is InChI=1S/C27H29N7O2/c1-3-24(35)31-21-9-12-29-23(17-21)22-6-4-5-19-18-30-26(33-25(19)22)32-20-7-10-27(36-2,11-8-20)34-15-13-28-14-16-34/h3-12,17-18,20,28H,1,13-16H2,2H3,(H,29,31,35)(H,30,32,33). The number of hydrogen-bond acceptors (Lipinski definition) is 8. The summed E-state index contributed by atoms with van der Waals surface area (Å²) in [5.41, 5.74) is 2.42. The first-order valence-corrected chi connectivity index (χ1v) is 11.9. The lowest BCUT2D eigenvalue weighted by molar-refractivity contribution is -0.111. The molecule has 0 saturated carbocycles. The number of aromatic nitrogens is 3. The normalized spacial score (nSPS) is 21.9. The topological polar surface area (TPSA) is 104 Å². The van der Waals surface area contributed by atoms with E-state index in [1.165, 1.54) is 6.08 Å². The number of amides is 1. The van der Waals surface area contributed by atoms with Gasteiger partial charge in [0.15, 0.2) is 5.72 Å². The van der Waals surface area contributed by atoms with Crippen LogP contribution in [0, 0.1) is 0 Å². The van der Waals surface area contributed by atoms with Gasteiger partial charge in [-0.25, -0.2) is 9.97 Å². The summed E-state index contributed by atoms with van der Waals surface area (Å²) in [5, 5.41) is 10.4. The molecular weight excluding hydrogens is 454 g/mol. The predicted molar refractivity (Wildman–Crippen MR) is 141 cm³/mol. The van der Waals surface area contributed by atoms with E-state index in [1.807, 2.05) is 24.3 Å². The highest BCUT2D eigenvalue weighted by Crippen LogP contribution is 2.29. The molecule has 0 radical (unpaired) electrons. The molecule has 9 heteroatoms. The highest BCUT2D eigenvalue weighted by Gasteiger charge is 2.34. The van der Waals surface area contributed by atoms with Crippen LogP contribution in [0.25, 0.3) is 22.2 Å². The maximum absolute atomic E-state index is 11.7. The molecule has 0 bridgehead atoms. The van der Waals surface area contributed by atoms with Gasteiger partial charge in [0.1, 0.15) is 0 Å². The molecule has 0 unspecified atom stereocenters. The first-order chi connectivity index (χ1) is 17.6. The van der Waals surface area contributed by atoms with Crippen molar-refractivity contribution in [1.29, 1.82) is 0 Å². The molecule has 9 nitrogen and oxygen atoms in total. The maximum Gasteiger partial charge on any atom is 0.247 e. The number of ether oxygens (including phenoxy) is 1. The molecule has 1 fully saturated rings. The Kier molecular flexibility index (Phi) is 6.86. The molecular formula is C27H29N7O2. The molecule has 1 aliphatic heterocycles. The van der Waals surface area contributed by atoms with Crippen molar-refractivity contribution in [3.63, 3.8) is 0 Å². The summed E-state index contributed by atoms with van der Waals surface area (Å²) in [6.45, 7) is 7.23. The van der Waals surface area contributed by atoms with E-state index < -0.39 is 5.72 Å². The molecule has 184 valence electrons. The smallest absolute Gasteiger partial charge is 0.247 e. The van der Waals surface area contributed by atoms with E-state index >= 15 is 0 Å². The Morgan fingerprint density at radius 2 is 2.03 bits per heavy atom. The minimum absolute atomic E-state index is 0.0728. The van der Waals surface area contributed by atoms with Gasteiger partial charge in [0.2, 0.25) is 11.9 Å². The number of methoxy groups -OCH3 is 1. The molecule has 1 amide bonds. The number of fused-ring (bicyclic) bond motifs is 1. The largest absolute Gasteiger partial charge is 0.356 e. The van der Waals surface area contributed by atoms with Crippen molar-refractivity contribution in [2.45, 2.75) is 11.8 Å². The van der Waals surface area contributed by atoms with Crippen LogP contribution in [-0.4, -0.2) is 70.8 Å². The molecule has 1 aromatic carbocycles. The summed E-state index contributed by atoms with van der Waals surface area (Å²) in [6, 6.07) is 9.35. The first kappa shape index (κ1) is 23.8. The second kappa shape index (κ2) is 10.4. The van der Waals surface area contributed by atoms with E-state index in [1.54, 1.807) is 25.6 Å². The number of benzene rings is 1. The minimum atomic E-state index is -0.532. The van der Waals surface area contributed by atoms with Crippen molar-refractivity contribution in [1.82, 2.24) is 25.2 Å². The SMILES string of the molecule is C=CC(=O)Nc1ccnc(-c2cccc3cnc(NC4C=CC(OC)(N5CCNCC5)C=C4)nc23)c1. The number of piperazine rings is 1. The number of carbonyl (C=O) groups excluding carboxylic acids is 1. The van der Waals surface area contributed by atoms with Crippen LogP contribution in [0.1, 0.15) is 0 Å². The molecule has 0 atom stereocenters. The lowest BCUT2D eigenvalue weighted by Gasteiger charge is -2.42. The van der Waals surface area contributed by atoms with Gasteiger partial charge in [-0.05, 0) is 30.4 Å². The molecule has 2 aliphatic rings. The number of rotatable bonds is 7. The van der Waals surface area contributed by atoms with Crippen LogP contribution >= 0.6 is 0 Å². The fraction of sp³-hybridized carbons (Fsp3) is 0.259. The van der Waals surface area contributed by atoms with Crippen LogP contribution in [0.5, 0.6) is 0 Å². The lowest BCUT2D eigenvalue weighted by atomic mass is 10.0. The molecule has 36 heavy (non-hydrogen) atoms. The second-order valence-corrected chi connectivity index (χ2v) is 8.64. The average molecular weight is 484 g/mol. The minimum Gasteiger partial charge on any atom is -0.356 e. The average Bonchev–Trinajstić information content (AvgIpc) is 2.94. The molecule has 3 N–H and O–H groups in total. The van der Waals surface area contributed by atoms with Crippen LogP contribution < -0.4 is 16.0 Å². The zero-order valence-corrected chi connectivity index (χ0v) is 20.1. The third kappa shape index (κ3) is 4.90. The molecule has 0 spiro atoms. The van der Waals surface area contributed by atoms with Crippen LogP contribution in [0.4, 0.5) is 11.6 Å².